The lowest BCUT2D eigenvalue weighted by Gasteiger charge is -2.15. The van der Waals surface area contributed by atoms with E-state index in [0.717, 1.165) is 29.5 Å². The highest BCUT2D eigenvalue weighted by atomic mass is 19.3. The molecule has 4 heterocycles. The Kier molecular flexibility index (Phi) is 6.07. The minimum absolute atomic E-state index is 0.0182. The number of carbonyl (C=O) groups excluding carboxylic acids is 2. The first-order valence-corrected chi connectivity index (χ1v) is 12.4. The van der Waals surface area contributed by atoms with Crippen LogP contribution < -0.4 is 10.6 Å². The maximum absolute atomic E-state index is 13.6. The van der Waals surface area contributed by atoms with E-state index < -0.39 is 11.8 Å². The van der Waals surface area contributed by atoms with Gasteiger partial charge >= 0.3 is 0 Å². The molecule has 4 aromatic rings. The molecule has 9 nitrogen and oxygen atoms in total. The number of nitrogens with zero attached hydrogens (tertiary/aromatic N) is 4. The third kappa shape index (κ3) is 5.10. The second-order valence-electron chi connectivity index (χ2n) is 9.87. The Morgan fingerprint density at radius 3 is 2.68 bits per heavy atom. The SMILES string of the molecule is O=C(Nc1cnccc1NC(=O)C1CC1)c1n[nH]c2ccc(-c3cncc(CN4CCC(F)(F)C4)c3)cc12. The highest BCUT2D eigenvalue weighted by Crippen LogP contribution is 2.32. The number of amides is 2. The number of halogens is 2. The van der Waals surface area contributed by atoms with Crippen LogP contribution in [0.5, 0.6) is 0 Å². The molecule has 2 amide bonds. The first-order chi connectivity index (χ1) is 18.3. The van der Waals surface area contributed by atoms with Crippen LogP contribution in [0.3, 0.4) is 0 Å². The van der Waals surface area contributed by atoms with Crippen molar-refractivity contribution in [3.63, 3.8) is 0 Å². The molecule has 38 heavy (non-hydrogen) atoms. The monoisotopic (exact) mass is 517 g/mol. The average molecular weight is 518 g/mol. The molecule has 0 bridgehead atoms. The highest BCUT2D eigenvalue weighted by molar-refractivity contribution is 6.13. The van der Waals surface area contributed by atoms with Gasteiger partial charge in [0.15, 0.2) is 5.69 Å². The molecule has 1 aliphatic carbocycles. The minimum atomic E-state index is -2.65. The lowest BCUT2D eigenvalue weighted by Crippen LogP contribution is -2.24. The van der Waals surface area contributed by atoms with Gasteiger partial charge in [-0.05, 0) is 48.2 Å². The molecule has 3 aromatic heterocycles. The van der Waals surface area contributed by atoms with Crippen LogP contribution in [0.2, 0.25) is 0 Å². The molecule has 0 unspecified atom stereocenters. The Bertz CT molecular complexity index is 1530. The second-order valence-corrected chi connectivity index (χ2v) is 9.87. The Labute approximate surface area is 216 Å². The summed E-state index contributed by atoms with van der Waals surface area (Å²) in [6.07, 6.45) is 8.02. The summed E-state index contributed by atoms with van der Waals surface area (Å²) in [6.45, 7) is 0.488. The smallest absolute Gasteiger partial charge is 0.276 e. The number of nitrogens with one attached hydrogen (secondary N) is 3. The van der Waals surface area contributed by atoms with Crippen molar-refractivity contribution < 1.29 is 18.4 Å². The normalized spacial score (nSPS) is 17.0. The maximum atomic E-state index is 13.6. The lowest BCUT2D eigenvalue weighted by atomic mass is 10.0. The second kappa shape index (κ2) is 9.56. The molecule has 0 atom stereocenters. The average Bonchev–Trinajstić information content (AvgIpc) is 3.58. The van der Waals surface area contributed by atoms with E-state index in [1.807, 2.05) is 24.3 Å². The van der Waals surface area contributed by atoms with Crippen LogP contribution in [0, 0.1) is 5.92 Å². The Morgan fingerprint density at radius 1 is 1.03 bits per heavy atom. The van der Waals surface area contributed by atoms with E-state index in [1.165, 1.54) is 6.20 Å². The summed E-state index contributed by atoms with van der Waals surface area (Å²) in [5, 5.41) is 13.4. The fourth-order valence-corrected chi connectivity index (χ4v) is 4.66. The number of benzene rings is 1. The van der Waals surface area contributed by atoms with E-state index in [9.17, 15) is 18.4 Å². The number of pyridine rings is 2. The molecule has 1 aromatic carbocycles. The molecule has 6 rings (SSSR count). The zero-order valence-corrected chi connectivity index (χ0v) is 20.4. The van der Waals surface area contributed by atoms with Gasteiger partial charge in [-0.25, -0.2) is 8.78 Å². The number of hydrogen-bond donors (Lipinski definition) is 3. The number of rotatable bonds is 7. The molecule has 2 aliphatic rings. The predicted octanol–water partition coefficient (Wildman–Crippen LogP) is 4.46. The van der Waals surface area contributed by atoms with E-state index in [4.69, 9.17) is 0 Å². The van der Waals surface area contributed by atoms with Crippen LogP contribution in [-0.2, 0) is 11.3 Å². The number of H-pyrrole nitrogens is 1. The van der Waals surface area contributed by atoms with Crippen LogP contribution in [0.1, 0.15) is 35.3 Å². The molecular formula is C27H25F2N7O2. The minimum Gasteiger partial charge on any atom is -0.324 e. The van der Waals surface area contributed by atoms with Gasteiger partial charge < -0.3 is 10.6 Å². The fourth-order valence-electron chi connectivity index (χ4n) is 4.66. The van der Waals surface area contributed by atoms with Crippen LogP contribution in [-0.4, -0.2) is 55.9 Å². The van der Waals surface area contributed by atoms with Gasteiger partial charge in [0.25, 0.3) is 11.8 Å². The first kappa shape index (κ1) is 24.1. The predicted molar refractivity (Wildman–Crippen MR) is 138 cm³/mol. The third-order valence-electron chi connectivity index (χ3n) is 6.84. The van der Waals surface area contributed by atoms with Crippen molar-refractivity contribution in [1.82, 2.24) is 25.1 Å². The van der Waals surface area contributed by atoms with Gasteiger partial charge in [0.1, 0.15) is 0 Å². The number of carbonyl (C=O) groups is 2. The summed E-state index contributed by atoms with van der Waals surface area (Å²) < 4.78 is 27.2. The molecular weight excluding hydrogens is 492 g/mol. The molecule has 0 spiro atoms. The summed E-state index contributed by atoms with van der Waals surface area (Å²) >= 11 is 0. The van der Waals surface area contributed by atoms with Crippen molar-refractivity contribution in [1.29, 1.82) is 0 Å². The van der Waals surface area contributed by atoms with Crippen molar-refractivity contribution in [2.24, 2.45) is 5.92 Å². The van der Waals surface area contributed by atoms with Crippen molar-refractivity contribution in [3.05, 3.63) is 66.4 Å². The van der Waals surface area contributed by atoms with Gasteiger partial charge in [-0.1, -0.05) is 6.07 Å². The number of alkyl halides is 2. The number of aromatic amines is 1. The van der Waals surface area contributed by atoms with Crippen LogP contribution in [0.15, 0.2) is 55.1 Å². The number of aromatic nitrogens is 4. The number of hydrogen-bond acceptors (Lipinski definition) is 6. The van der Waals surface area contributed by atoms with Crippen molar-refractivity contribution in [3.8, 4) is 11.1 Å². The molecule has 0 radical (unpaired) electrons. The quantitative estimate of drug-likeness (QED) is 0.333. The van der Waals surface area contributed by atoms with E-state index in [0.29, 0.717) is 35.4 Å². The topological polar surface area (TPSA) is 116 Å². The summed E-state index contributed by atoms with van der Waals surface area (Å²) in [5.74, 6) is -3.15. The number of fused-ring (bicyclic) bond motifs is 1. The molecule has 1 saturated heterocycles. The standard InChI is InChI=1S/C27H25F2N7O2/c28-27(29)6-8-36(15-27)14-16-9-19(12-31-11-16)18-3-4-21-20(10-18)24(35-34-21)26(38)33-23-13-30-7-5-22(23)32-25(37)17-1-2-17/h3-5,7,9-13,17H,1-2,6,8,14-15H2,(H,33,38)(H,34,35)(H,30,32,37). The van der Waals surface area contributed by atoms with Crippen LogP contribution in [0.4, 0.5) is 20.2 Å². The van der Waals surface area contributed by atoms with Crippen molar-refractivity contribution in [2.45, 2.75) is 31.7 Å². The summed E-state index contributed by atoms with van der Waals surface area (Å²) in [5.41, 5.74) is 4.17. The summed E-state index contributed by atoms with van der Waals surface area (Å²) in [4.78, 5) is 35.5. The molecule has 1 saturated carbocycles. The van der Waals surface area contributed by atoms with E-state index in [-0.39, 0.29) is 30.5 Å². The number of likely N-dealkylation sites (tertiary alicyclic amines) is 1. The molecule has 194 valence electrons. The lowest BCUT2D eigenvalue weighted by molar-refractivity contribution is -0.117. The fraction of sp³-hybridized carbons (Fsp3) is 0.296. The summed E-state index contributed by atoms with van der Waals surface area (Å²) in [6, 6.07) is 9.12. The Hall–Kier alpha value is -4.25. The molecule has 11 heteroatoms. The maximum Gasteiger partial charge on any atom is 0.276 e. The van der Waals surface area contributed by atoms with Gasteiger partial charge in [0.05, 0.1) is 29.6 Å². The van der Waals surface area contributed by atoms with Gasteiger partial charge in [0, 0.05) is 55.0 Å². The Balaban J connectivity index is 1.23. The van der Waals surface area contributed by atoms with Gasteiger partial charge in [-0.15, -0.1) is 0 Å². The van der Waals surface area contributed by atoms with E-state index in [1.54, 1.807) is 29.6 Å². The third-order valence-corrected chi connectivity index (χ3v) is 6.84. The van der Waals surface area contributed by atoms with Crippen LogP contribution in [0.25, 0.3) is 22.0 Å². The largest absolute Gasteiger partial charge is 0.324 e. The highest BCUT2D eigenvalue weighted by Gasteiger charge is 2.38. The molecule has 3 N–H and O–H groups in total. The zero-order valence-electron chi connectivity index (χ0n) is 20.4. The van der Waals surface area contributed by atoms with Crippen LogP contribution >= 0.6 is 0 Å². The van der Waals surface area contributed by atoms with E-state index >= 15 is 0 Å². The molecule has 1 aliphatic heterocycles. The van der Waals surface area contributed by atoms with E-state index in [2.05, 4.69) is 30.8 Å². The van der Waals surface area contributed by atoms with Gasteiger partial charge in [-0.2, -0.15) is 5.10 Å². The van der Waals surface area contributed by atoms with Gasteiger partial charge in [0.2, 0.25) is 5.91 Å². The van der Waals surface area contributed by atoms with Gasteiger partial charge in [-0.3, -0.25) is 29.6 Å². The van der Waals surface area contributed by atoms with Crippen molar-refractivity contribution >= 4 is 34.1 Å². The molecule has 2 fully saturated rings. The number of anilines is 2. The zero-order chi connectivity index (χ0) is 26.3. The van der Waals surface area contributed by atoms with Crippen molar-refractivity contribution in [2.75, 3.05) is 23.7 Å². The first-order valence-electron chi connectivity index (χ1n) is 12.4. The summed E-state index contributed by atoms with van der Waals surface area (Å²) in [7, 11) is 0. The Morgan fingerprint density at radius 2 is 1.89 bits per heavy atom.